The van der Waals surface area contributed by atoms with Crippen molar-refractivity contribution in [3.05, 3.63) is 54.0 Å². The van der Waals surface area contributed by atoms with E-state index in [0.29, 0.717) is 24.1 Å². The number of pyridine rings is 1. The molecule has 0 saturated heterocycles. The number of rotatable bonds is 6. The summed E-state index contributed by atoms with van der Waals surface area (Å²) < 4.78 is 18.4. The van der Waals surface area contributed by atoms with Crippen LogP contribution >= 0.6 is 0 Å². The normalized spacial score (nSPS) is 14.8. The fourth-order valence-corrected chi connectivity index (χ4v) is 2.35. The Labute approximate surface area is 140 Å². The number of urea groups is 1. The number of hydrogen-bond acceptors (Lipinski definition) is 3. The van der Waals surface area contributed by atoms with Crippen LogP contribution in [0.15, 0.2) is 42.6 Å². The Bertz CT molecular complexity index is 684. The lowest BCUT2D eigenvalue weighted by Crippen LogP contribution is -2.41. The maximum Gasteiger partial charge on any atom is 0.315 e. The van der Waals surface area contributed by atoms with E-state index >= 15 is 0 Å². The summed E-state index contributed by atoms with van der Waals surface area (Å²) in [7, 11) is 0. The van der Waals surface area contributed by atoms with Crippen LogP contribution in [0.5, 0.6) is 11.6 Å². The molecule has 1 aliphatic carbocycles. The number of benzene rings is 1. The molecule has 2 N–H and O–H groups in total. The molecule has 3 rings (SSSR count). The Hall–Kier alpha value is -2.63. The zero-order valence-electron chi connectivity index (χ0n) is 13.5. The van der Waals surface area contributed by atoms with Gasteiger partial charge in [-0.3, -0.25) is 0 Å². The number of halogens is 1. The van der Waals surface area contributed by atoms with E-state index in [1.54, 1.807) is 12.3 Å². The van der Waals surface area contributed by atoms with Crippen molar-refractivity contribution in [2.75, 3.05) is 0 Å². The standard InChI is InChI=1S/C18H20FN3O2/c1-12(14-3-4-14)22-18(23)21-11-13-2-9-17(20-10-13)24-16-7-5-15(19)6-8-16/h2,5-10,12,14H,3-4,11H2,1H3,(H2,21,22,23). The number of hydrogen-bond donors (Lipinski definition) is 2. The summed E-state index contributed by atoms with van der Waals surface area (Å²) in [5.74, 6) is 1.24. The first-order chi connectivity index (χ1) is 11.6. The van der Waals surface area contributed by atoms with E-state index < -0.39 is 0 Å². The third-order valence-corrected chi connectivity index (χ3v) is 3.97. The number of carbonyl (C=O) groups is 1. The fourth-order valence-electron chi connectivity index (χ4n) is 2.35. The van der Waals surface area contributed by atoms with Crippen molar-refractivity contribution in [3.63, 3.8) is 0 Å². The molecule has 0 radical (unpaired) electrons. The molecule has 1 atom stereocenters. The molecule has 1 aromatic carbocycles. The molecule has 1 aliphatic rings. The molecule has 24 heavy (non-hydrogen) atoms. The van der Waals surface area contributed by atoms with Crippen molar-refractivity contribution < 1.29 is 13.9 Å². The number of carbonyl (C=O) groups excluding carboxylic acids is 1. The number of nitrogens with zero attached hydrogens (tertiary/aromatic N) is 1. The number of ether oxygens (including phenoxy) is 1. The van der Waals surface area contributed by atoms with Gasteiger partial charge in [-0.2, -0.15) is 0 Å². The fraction of sp³-hybridized carbons (Fsp3) is 0.333. The van der Waals surface area contributed by atoms with Crippen LogP contribution in [0.1, 0.15) is 25.3 Å². The highest BCUT2D eigenvalue weighted by Gasteiger charge is 2.28. The predicted octanol–water partition coefficient (Wildman–Crippen LogP) is 3.61. The highest BCUT2D eigenvalue weighted by Crippen LogP contribution is 2.32. The van der Waals surface area contributed by atoms with E-state index in [-0.39, 0.29) is 17.9 Å². The Morgan fingerprint density at radius 3 is 2.67 bits per heavy atom. The van der Waals surface area contributed by atoms with Crippen LogP contribution in [0.3, 0.4) is 0 Å². The van der Waals surface area contributed by atoms with Crippen molar-refractivity contribution in [2.45, 2.75) is 32.4 Å². The van der Waals surface area contributed by atoms with E-state index in [4.69, 9.17) is 4.74 Å². The Morgan fingerprint density at radius 2 is 2.04 bits per heavy atom. The first-order valence-corrected chi connectivity index (χ1v) is 8.03. The van der Waals surface area contributed by atoms with Gasteiger partial charge in [-0.15, -0.1) is 0 Å². The van der Waals surface area contributed by atoms with E-state index in [1.165, 1.54) is 37.1 Å². The Kier molecular flexibility index (Phi) is 4.93. The SMILES string of the molecule is CC(NC(=O)NCc1ccc(Oc2ccc(F)cc2)nc1)C1CC1. The molecule has 126 valence electrons. The Balaban J connectivity index is 1.47. The summed E-state index contributed by atoms with van der Waals surface area (Å²) in [4.78, 5) is 16.0. The smallest absolute Gasteiger partial charge is 0.315 e. The van der Waals surface area contributed by atoms with E-state index in [9.17, 15) is 9.18 Å². The maximum atomic E-state index is 12.8. The van der Waals surface area contributed by atoms with Gasteiger partial charge in [0.2, 0.25) is 5.88 Å². The third kappa shape index (κ3) is 4.68. The second kappa shape index (κ2) is 7.29. The molecule has 1 heterocycles. The van der Waals surface area contributed by atoms with Gasteiger partial charge in [-0.05, 0) is 55.5 Å². The summed E-state index contributed by atoms with van der Waals surface area (Å²) in [5.41, 5.74) is 0.871. The van der Waals surface area contributed by atoms with Crippen molar-refractivity contribution in [2.24, 2.45) is 5.92 Å². The summed E-state index contributed by atoms with van der Waals surface area (Å²) in [6.07, 6.45) is 4.03. The van der Waals surface area contributed by atoms with Gasteiger partial charge in [-0.1, -0.05) is 6.07 Å². The molecule has 0 bridgehead atoms. The molecule has 0 aliphatic heterocycles. The largest absolute Gasteiger partial charge is 0.439 e. The predicted molar refractivity (Wildman–Crippen MR) is 88.3 cm³/mol. The van der Waals surface area contributed by atoms with Gasteiger partial charge in [0.15, 0.2) is 0 Å². The van der Waals surface area contributed by atoms with Crippen LogP contribution in [-0.2, 0) is 6.54 Å². The lowest BCUT2D eigenvalue weighted by Gasteiger charge is -2.13. The van der Waals surface area contributed by atoms with E-state index in [2.05, 4.69) is 15.6 Å². The molecule has 2 amide bonds. The molecule has 1 fully saturated rings. The lowest BCUT2D eigenvalue weighted by molar-refractivity contribution is 0.236. The van der Waals surface area contributed by atoms with Gasteiger partial charge in [0.25, 0.3) is 0 Å². The van der Waals surface area contributed by atoms with Gasteiger partial charge in [0.1, 0.15) is 11.6 Å². The molecule has 1 saturated carbocycles. The van der Waals surface area contributed by atoms with E-state index in [0.717, 1.165) is 5.56 Å². The number of amides is 2. The minimum Gasteiger partial charge on any atom is -0.439 e. The van der Waals surface area contributed by atoms with Gasteiger partial charge < -0.3 is 15.4 Å². The zero-order valence-corrected chi connectivity index (χ0v) is 13.5. The van der Waals surface area contributed by atoms with Crippen LogP contribution in [0.2, 0.25) is 0 Å². The topological polar surface area (TPSA) is 63.2 Å². The van der Waals surface area contributed by atoms with Crippen LogP contribution in [0.25, 0.3) is 0 Å². The third-order valence-electron chi connectivity index (χ3n) is 3.97. The average molecular weight is 329 g/mol. The van der Waals surface area contributed by atoms with Crippen molar-refractivity contribution in [1.82, 2.24) is 15.6 Å². The highest BCUT2D eigenvalue weighted by molar-refractivity contribution is 5.74. The minimum absolute atomic E-state index is 0.166. The van der Waals surface area contributed by atoms with E-state index in [1.807, 2.05) is 13.0 Å². The lowest BCUT2D eigenvalue weighted by atomic mass is 10.2. The average Bonchev–Trinajstić information content (AvgIpc) is 3.41. The molecule has 0 spiro atoms. The molecule has 6 heteroatoms. The second-order valence-electron chi connectivity index (χ2n) is 6.01. The molecule has 5 nitrogen and oxygen atoms in total. The Morgan fingerprint density at radius 1 is 1.29 bits per heavy atom. The minimum atomic E-state index is -0.314. The molecule has 1 aromatic heterocycles. The van der Waals surface area contributed by atoms with Crippen molar-refractivity contribution >= 4 is 6.03 Å². The molecular formula is C18H20FN3O2. The maximum absolute atomic E-state index is 12.8. The number of aromatic nitrogens is 1. The molecule has 2 aromatic rings. The van der Waals surface area contributed by atoms with Crippen LogP contribution < -0.4 is 15.4 Å². The highest BCUT2D eigenvalue weighted by atomic mass is 19.1. The molecular weight excluding hydrogens is 309 g/mol. The van der Waals surface area contributed by atoms with Crippen molar-refractivity contribution in [1.29, 1.82) is 0 Å². The van der Waals surface area contributed by atoms with Gasteiger partial charge >= 0.3 is 6.03 Å². The van der Waals surface area contributed by atoms with Crippen LogP contribution in [0.4, 0.5) is 9.18 Å². The quantitative estimate of drug-likeness (QED) is 0.851. The summed E-state index contributed by atoms with van der Waals surface area (Å²) >= 11 is 0. The summed E-state index contributed by atoms with van der Waals surface area (Å²) in [6.45, 7) is 2.42. The van der Waals surface area contributed by atoms with Gasteiger partial charge in [0, 0.05) is 24.8 Å². The first-order valence-electron chi connectivity index (χ1n) is 8.03. The van der Waals surface area contributed by atoms with Crippen LogP contribution in [-0.4, -0.2) is 17.1 Å². The molecule has 1 unspecified atom stereocenters. The monoisotopic (exact) mass is 329 g/mol. The van der Waals surface area contributed by atoms with Gasteiger partial charge in [-0.25, -0.2) is 14.2 Å². The summed E-state index contributed by atoms with van der Waals surface area (Å²) in [5, 5.41) is 5.75. The summed E-state index contributed by atoms with van der Waals surface area (Å²) in [6, 6.07) is 9.33. The van der Waals surface area contributed by atoms with Gasteiger partial charge in [0.05, 0.1) is 0 Å². The second-order valence-corrected chi connectivity index (χ2v) is 6.01. The van der Waals surface area contributed by atoms with Crippen LogP contribution in [0, 0.1) is 11.7 Å². The first kappa shape index (κ1) is 16.2. The zero-order chi connectivity index (χ0) is 16.9. The number of nitrogens with one attached hydrogen (secondary N) is 2. The van der Waals surface area contributed by atoms with Crippen molar-refractivity contribution in [3.8, 4) is 11.6 Å².